The van der Waals surface area contributed by atoms with Crippen molar-refractivity contribution in [3.8, 4) is 39.9 Å². The number of rotatable bonds is 7. The van der Waals surface area contributed by atoms with E-state index in [2.05, 4.69) is 36.4 Å². The molecule has 0 amide bonds. The van der Waals surface area contributed by atoms with Gasteiger partial charge in [0.05, 0.1) is 13.7 Å². The van der Waals surface area contributed by atoms with E-state index in [0.717, 1.165) is 70.2 Å². The van der Waals surface area contributed by atoms with Crippen LogP contribution in [0.25, 0.3) is 28.0 Å². The fourth-order valence-corrected chi connectivity index (χ4v) is 9.24. The number of hydrogen-bond donors (Lipinski definition) is 6. The van der Waals surface area contributed by atoms with Crippen LogP contribution in [0.2, 0.25) is 0 Å². The Bertz CT molecular complexity index is 2290. The lowest BCUT2D eigenvalue weighted by Gasteiger charge is -2.41. The van der Waals surface area contributed by atoms with Gasteiger partial charge in [0.2, 0.25) is 0 Å². The molecule has 2 aliphatic carbocycles. The molecule has 272 valence electrons. The lowest BCUT2D eigenvalue weighted by atomic mass is 9.66. The molecule has 12 N–H and O–H groups in total. The zero-order valence-electron chi connectivity index (χ0n) is 29.6. The Labute approximate surface area is 307 Å². The second-order valence-corrected chi connectivity index (χ2v) is 14.7. The first-order valence-electron chi connectivity index (χ1n) is 18.1. The van der Waals surface area contributed by atoms with E-state index in [0.29, 0.717) is 30.3 Å². The molecule has 9 rings (SSSR count). The van der Waals surface area contributed by atoms with E-state index in [4.69, 9.17) is 58.1 Å². The van der Waals surface area contributed by atoms with Crippen molar-refractivity contribution >= 4 is 16.8 Å². The first kappa shape index (κ1) is 33.7. The smallest absolute Gasteiger partial charge is 0.271 e. The van der Waals surface area contributed by atoms with E-state index < -0.39 is 17.5 Å². The van der Waals surface area contributed by atoms with Crippen molar-refractivity contribution in [2.75, 3.05) is 13.7 Å². The molecule has 4 aliphatic rings. The average Bonchev–Trinajstić information content (AvgIpc) is 3.74. The van der Waals surface area contributed by atoms with Crippen LogP contribution in [0.1, 0.15) is 65.5 Å². The van der Waals surface area contributed by atoms with Crippen molar-refractivity contribution in [3.63, 3.8) is 0 Å². The first-order valence-corrected chi connectivity index (χ1v) is 18.1. The Hall–Kier alpha value is -5.14. The summed E-state index contributed by atoms with van der Waals surface area (Å²) in [5.41, 5.74) is 43.1. The summed E-state index contributed by atoms with van der Waals surface area (Å²) in [5.74, 6) is -0.944. The molecular formula is C42H44N6O5. The Morgan fingerprint density at radius 1 is 0.736 bits per heavy atom. The van der Waals surface area contributed by atoms with Crippen molar-refractivity contribution in [1.82, 2.24) is 0 Å². The summed E-state index contributed by atoms with van der Waals surface area (Å²) < 4.78 is 31.0. The molecule has 0 aromatic heterocycles. The molecule has 53 heavy (non-hydrogen) atoms. The Morgan fingerprint density at radius 3 is 2.06 bits per heavy atom. The normalized spacial score (nSPS) is 19.5. The third-order valence-electron chi connectivity index (χ3n) is 11.2. The predicted molar refractivity (Wildman–Crippen MR) is 204 cm³/mol. The van der Waals surface area contributed by atoms with E-state index in [9.17, 15) is 0 Å². The number of hydrogen-bond acceptors (Lipinski definition) is 11. The number of nitrogens with two attached hydrogens (primary N) is 6. The van der Waals surface area contributed by atoms with Gasteiger partial charge in [-0.1, -0.05) is 73.9 Å². The highest BCUT2D eigenvalue weighted by Gasteiger charge is 2.49. The minimum absolute atomic E-state index is 0.170. The number of ether oxygens (including phenoxy) is 5. The van der Waals surface area contributed by atoms with Crippen LogP contribution in [0.15, 0.2) is 84.9 Å². The molecule has 1 fully saturated rings. The van der Waals surface area contributed by atoms with Gasteiger partial charge in [0.15, 0.2) is 17.1 Å². The van der Waals surface area contributed by atoms with Gasteiger partial charge in [0, 0.05) is 44.9 Å². The summed E-state index contributed by atoms with van der Waals surface area (Å²) in [5, 5.41) is 1.93. The molecule has 0 saturated heterocycles. The van der Waals surface area contributed by atoms with Gasteiger partial charge in [-0.15, -0.1) is 0 Å². The van der Waals surface area contributed by atoms with E-state index >= 15 is 0 Å². The van der Waals surface area contributed by atoms with Crippen molar-refractivity contribution in [1.29, 1.82) is 0 Å². The molecule has 11 nitrogen and oxygen atoms in total. The fraction of sp³-hybridized carbons (Fsp3) is 0.286. The molecule has 11 heteroatoms. The first-order chi connectivity index (χ1) is 25.4. The Balaban J connectivity index is 1.36. The third-order valence-corrected chi connectivity index (χ3v) is 11.2. The standard InChI is InChI=1S/C42H44N6O5/c1-49-26-13-9-24(10-14-26)40(25-11-15-27(16-12-25)51-41(43,44)45)21-17-30-36-35(28-7-3-4-8-32(28)39(36)19-5-2-6-20-39)34-29-18-22-50-38(29)33(52-42(46,47)48)23-31(34)37(30)53-40/h3-4,7-17,21,23H,2,5-6,18-20,22,43-48H2,1H3. The van der Waals surface area contributed by atoms with Crippen molar-refractivity contribution < 1.29 is 23.7 Å². The quantitative estimate of drug-likeness (QED) is 0.123. The highest BCUT2D eigenvalue weighted by molar-refractivity contribution is 6.11. The molecule has 2 aliphatic heterocycles. The lowest BCUT2D eigenvalue weighted by Crippen LogP contribution is -2.62. The van der Waals surface area contributed by atoms with E-state index in [1.54, 1.807) is 19.2 Å². The predicted octanol–water partition coefficient (Wildman–Crippen LogP) is 5.10. The maximum absolute atomic E-state index is 7.59. The van der Waals surface area contributed by atoms with Crippen LogP contribution in [0.4, 0.5) is 0 Å². The minimum atomic E-state index is -1.94. The molecule has 0 radical (unpaired) electrons. The second kappa shape index (κ2) is 11.9. The zero-order chi connectivity index (χ0) is 36.8. The summed E-state index contributed by atoms with van der Waals surface area (Å²) in [7, 11) is 1.65. The molecule has 5 aromatic carbocycles. The summed E-state index contributed by atoms with van der Waals surface area (Å²) in [4.78, 5) is 0. The van der Waals surface area contributed by atoms with Gasteiger partial charge in [0.1, 0.15) is 17.2 Å². The molecule has 1 spiro atoms. The SMILES string of the molecule is COc1ccc(C2(c3ccc(OC(N)(N)N)cc3)C=Cc3c4c(c5c6c(c(OC(N)(N)N)cc5c3O2)OCC6)-c2ccccc2C42CCCCC2)cc1. The molecule has 2 heterocycles. The largest absolute Gasteiger partial charge is 0.497 e. The van der Waals surface area contributed by atoms with Crippen molar-refractivity contribution in [3.05, 3.63) is 118 Å². The zero-order valence-corrected chi connectivity index (χ0v) is 29.6. The van der Waals surface area contributed by atoms with Gasteiger partial charge in [-0.3, -0.25) is 34.4 Å². The summed E-state index contributed by atoms with van der Waals surface area (Å²) >= 11 is 0. The third kappa shape index (κ3) is 5.34. The van der Waals surface area contributed by atoms with Gasteiger partial charge in [-0.05, 0) is 71.5 Å². The molecule has 5 aromatic rings. The van der Waals surface area contributed by atoms with Crippen LogP contribution in [0.3, 0.4) is 0 Å². The summed E-state index contributed by atoms with van der Waals surface area (Å²) in [6, 6.07) is 26.1. The monoisotopic (exact) mass is 712 g/mol. The molecule has 1 unspecified atom stereocenters. The number of methoxy groups -OCH3 is 1. The Morgan fingerprint density at radius 2 is 1.40 bits per heavy atom. The van der Waals surface area contributed by atoms with Gasteiger partial charge >= 0.3 is 0 Å². The van der Waals surface area contributed by atoms with Crippen LogP contribution in [0, 0.1) is 0 Å². The van der Waals surface area contributed by atoms with Crippen LogP contribution in [0.5, 0.6) is 28.7 Å². The van der Waals surface area contributed by atoms with Crippen molar-refractivity contribution in [2.45, 2.75) is 61.5 Å². The van der Waals surface area contributed by atoms with Crippen molar-refractivity contribution in [2.24, 2.45) is 34.4 Å². The van der Waals surface area contributed by atoms with Crippen LogP contribution in [-0.4, -0.2) is 25.7 Å². The van der Waals surface area contributed by atoms with Crippen LogP contribution < -0.4 is 58.1 Å². The van der Waals surface area contributed by atoms with Gasteiger partial charge in [-0.25, -0.2) is 0 Å². The summed E-state index contributed by atoms with van der Waals surface area (Å²) in [6.07, 6.45) is 10.7. The summed E-state index contributed by atoms with van der Waals surface area (Å²) in [6.45, 7) is 0.483. The number of fused-ring (bicyclic) bond motifs is 12. The highest BCUT2D eigenvalue weighted by atomic mass is 16.6. The highest BCUT2D eigenvalue weighted by Crippen LogP contribution is 2.63. The van der Waals surface area contributed by atoms with E-state index in [-0.39, 0.29) is 5.41 Å². The minimum Gasteiger partial charge on any atom is -0.497 e. The maximum Gasteiger partial charge on any atom is 0.271 e. The molecular weight excluding hydrogens is 668 g/mol. The number of benzene rings is 5. The topological polar surface area (TPSA) is 202 Å². The fourth-order valence-electron chi connectivity index (χ4n) is 9.24. The average molecular weight is 713 g/mol. The lowest BCUT2D eigenvalue weighted by molar-refractivity contribution is 0.0860. The van der Waals surface area contributed by atoms with Crippen LogP contribution in [-0.2, 0) is 17.4 Å². The molecule has 1 saturated carbocycles. The van der Waals surface area contributed by atoms with Gasteiger partial charge in [-0.2, -0.15) is 0 Å². The molecule has 1 atom stereocenters. The second-order valence-electron chi connectivity index (χ2n) is 14.7. The maximum atomic E-state index is 7.59. The Kier molecular flexibility index (Phi) is 7.59. The van der Waals surface area contributed by atoms with Gasteiger partial charge < -0.3 is 23.7 Å². The van der Waals surface area contributed by atoms with E-state index in [1.165, 1.54) is 28.7 Å². The van der Waals surface area contributed by atoms with E-state index in [1.807, 2.05) is 42.5 Å². The molecule has 0 bridgehead atoms. The van der Waals surface area contributed by atoms with Crippen LogP contribution >= 0.6 is 0 Å². The van der Waals surface area contributed by atoms with Gasteiger partial charge in [0.25, 0.3) is 11.9 Å².